The van der Waals surface area contributed by atoms with E-state index in [1.807, 2.05) is 19.2 Å². The van der Waals surface area contributed by atoms with Gasteiger partial charge in [-0.3, -0.25) is 14.6 Å². The summed E-state index contributed by atoms with van der Waals surface area (Å²) in [4.78, 5) is 32.9. The van der Waals surface area contributed by atoms with Gasteiger partial charge in [0.25, 0.3) is 5.91 Å². The van der Waals surface area contributed by atoms with Crippen molar-refractivity contribution < 1.29 is 9.59 Å². The molecule has 6 nitrogen and oxygen atoms in total. The van der Waals surface area contributed by atoms with E-state index < -0.39 is 5.91 Å². The van der Waals surface area contributed by atoms with Crippen molar-refractivity contribution in [2.45, 2.75) is 33.1 Å². The fourth-order valence-corrected chi connectivity index (χ4v) is 3.77. The first-order valence-electron chi connectivity index (χ1n) is 9.25. The van der Waals surface area contributed by atoms with E-state index in [1.54, 1.807) is 18.3 Å². The summed E-state index contributed by atoms with van der Waals surface area (Å²) in [6, 6.07) is 9.73. The molecule has 0 bridgehead atoms. The van der Waals surface area contributed by atoms with E-state index in [0.29, 0.717) is 17.8 Å². The Morgan fingerprint density at radius 2 is 1.86 bits per heavy atom. The van der Waals surface area contributed by atoms with E-state index in [0.717, 1.165) is 16.3 Å². The lowest BCUT2D eigenvalue weighted by atomic mass is 9.94. The molecule has 0 saturated heterocycles. The zero-order chi connectivity index (χ0) is 21.2. The predicted octanol–water partition coefficient (Wildman–Crippen LogP) is 3.63. The second-order valence-electron chi connectivity index (χ2n) is 7.69. The summed E-state index contributed by atoms with van der Waals surface area (Å²) in [5.41, 5.74) is 9.24. The van der Waals surface area contributed by atoms with Gasteiger partial charge in [0.05, 0.1) is 22.5 Å². The van der Waals surface area contributed by atoms with Crippen molar-refractivity contribution in [2.75, 3.05) is 6.54 Å². The number of primary amides is 1. The standard InChI is InChI=1S/C22H24N4O2S/c1-13-5-7-15(8-6-13)18-11-29-21(26-18)22(3,4)12-25-20(28)17-9-16(19(23)27)10-24-14(17)2/h5-11H,12H2,1-4H3,(H2,23,27)(H,25,28). The molecule has 0 fully saturated rings. The number of carbonyl (C=O) groups excluding carboxylic acids is 2. The van der Waals surface area contributed by atoms with E-state index in [2.05, 4.69) is 41.5 Å². The Morgan fingerprint density at radius 1 is 1.17 bits per heavy atom. The maximum atomic E-state index is 12.7. The first-order chi connectivity index (χ1) is 13.7. The van der Waals surface area contributed by atoms with Crippen LogP contribution in [0.25, 0.3) is 11.3 Å². The van der Waals surface area contributed by atoms with Crippen LogP contribution in [0.2, 0.25) is 0 Å². The highest BCUT2D eigenvalue weighted by atomic mass is 32.1. The monoisotopic (exact) mass is 408 g/mol. The second-order valence-corrected chi connectivity index (χ2v) is 8.55. The maximum absolute atomic E-state index is 12.7. The Bertz CT molecular complexity index is 1050. The Labute approximate surface area is 174 Å². The van der Waals surface area contributed by atoms with Crippen molar-refractivity contribution in [1.29, 1.82) is 0 Å². The van der Waals surface area contributed by atoms with Crippen LogP contribution in [0.5, 0.6) is 0 Å². The van der Waals surface area contributed by atoms with Crippen LogP contribution in [0.1, 0.15) is 50.8 Å². The minimum atomic E-state index is -0.613. The first-order valence-corrected chi connectivity index (χ1v) is 10.1. The van der Waals surface area contributed by atoms with Crippen LogP contribution in [0, 0.1) is 13.8 Å². The molecule has 0 aliphatic rings. The van der Waals surface area contributed by atoms with E-state index in [4.69, 9.17) is 10.7 Å². The molecule has 0 aliphatic carbocycles. The number of carbonyl (C=O) groups is 2. The molecule has 0 atom stereocenters. The minimum absolute atomic E-state index is 0.211. The average molecular weight is 409 g/mol. The summed E-state index contributed by atoms with van der Waals surface area (Å²) in [5, 5.41) is 5.91. The second kappa shape index (κ2) is 8.13. The van der Waals surface area contributed by atoms with Gasteiger partial charge in [-0.2, -0.15) is 0 Å². The summed E-state index contributed by atoms with van der Waals surface area (Å²) in [7, 11) is 0. The quantitative estimate of drug-likeness (QED) is 0.651. The highest BCUT2D eigenvalue weighted by molar-refractivity contribution is 7.10. The Balaban J connectivity index is 1.73. The van der Waals surface area contributed by atoms with Crippen LogP contribution in [0.15, 0.2) is 41.9 Å². The normalized spacial score (nSPS) is 11.3. The topological polar surface area (TPSA) is 98.0 Å². The van der Waals surface area contributed by atoms with Gasteiger partial charge in [-0.15, -0.1) is 11.3 Å². The van der Waals surface area contributed by atoms with Crippen LogP contribution in [-0.4, -0.2) is 28.3 Å². The summed E-state index contributed by atoms with van der Waals surface area (Å²) >= 11 is 1.58. The number of rotatable bonds is 6. The Hall–Kier alpha value is -3.06. The van der Waals surface area contributed by atoms with Crippen molar-refractivity contribution >= 4 is 23.2 Å². The molecular weight excluding hydrogens is 384 g/mol. The number of hydrogen-bond donors (Lipinski definition) is 2. The molecule has 3 aromatic rings. The molecule has 0 unspecified atom stereocenters. The van der Waals surface area contributed by atoms with Crippen molar-refractivity contribution in [3.63, 3.8) is 0 Å². The lowest BCUT2D eigenvalue weighted by Gasteiger charge is -2.22. The number of nitrogens with two attached hydrogens (primary N) is 1. The molecule has 0 aliphatic heterocycles. The van der Waals surface area contributed by atoms with Gasteiger partial charge in [0.1, 0.15) is 5.01 Å². The van der Waals surface area contributed by atoms with E-state index >= 15 is 0 Å². The van der Waals surface area contributed by atoms with Gasteiger partial charge in [-0.25, -0.2) is 4.98 Å². The van der Waals surface area contributed by atoms with Gasteiger partial charge in [-0.1, -0.05) is 43.7 Å². The molecule has 3 N–H and O–H groups in total. The molecule has 0 spiro atoms. The van der Waals surface area contributed by atoms with Gasteiger partial charge in [0.2, 0.25) is 5.91 Å². The summed E-state index contributed by atoms with van der Waals surface area (Å²) in [6.07, 6.45) is 1.38. The van der Waals surface area contributed by atoms with Crippen molar-refractivity contribution in [3.05, 3.63) is 69.3 Å². The SMILES string of the molecule is Cc1ccc(-c2csc(C(C)(C)CNC(=O)c3cc(C(N)=O)cnc3C)n2)cc1. The average Bonchev–Trinajstić information content (AvgIpc) is 3.18. The Kier molecular flexibility index (Phi) is 5.79. The number of benzene rings is 1. The van der Waals surface area contributed by atoms with Crippen molar-refractivity contribution in [1.82, 2.24) is 15.3 Å². The smallest absolute Gasteiger partial charge is 0.253 e. The van der Waals surface area contributed by atoms with Gasteiger partial charge in [0.15, 0.2) is 0 Å². The zero-order valence-electron chi connectivity index (χ0n) is 16.9. The van der Waals surface area contributed by atoms with Gasteiger partial charge < -0.3 is 11.1 Å². The summed E-state index contributed by atoms with van der Waals surface area (Å²) in [6.45, 7) is 8.25. The number of aryl methyl sites for hydroxylation is 2. The lowest BCUT2D eigenvalue weighted by molar-refractivity contribution is 0.0944. The zero-order valence-corrected chi connectivity index (χ0v) is 17.8. The number of hydrogen-bond acceptors (Lipinski definition) is 5. The van der Waals surface area contributed by atoms with E-state index in [-0.39, 0.29) is 16.9 Å². The van der Waals surface area contributed by atoms with Crippen LogP contribution in [0.3, 0.4) is 0 Å². The Morgan fingerprint density at radius 3 is 2.52 bits per heavy atom. The third kappa shape index (κ3) is 4.68. The number of aromatic nitrogens is 2. The minimum Gasteiger partial charge on any atom is -0.366 e. The van der Waals surface area contributed by atoms with Crippen molar-refractivity contribution in [2.24, 2.45) is 5.73 Å². The number of thiazole rings is 1. The van der Waals surface area contributed by atoms with Crippen LogP contribution >= 0.6 is 11.3 Å². The van der Waals surface area contributed by atoms with E-state index in [9.17, 15) is 9.59 Å². The predicted molar refractivity (Wildman–Crippen MR) is 115 cm³/mol. The molecule has 2 heterocycles. The van der Waals surface area contributed by atoms with Crippen LogP contribution in [0.4, 0.5) is 0 Å². The summed E-state index contributed by atoms with van der Waals surface area (Å²) in [5.74, 6) is -0.903. The maximum Gasteiger partial charge on any atom is 0.253 e. The fourth-order valence-electron chi connectivity index (χ4n) is 2.81. The molecule has 7 heteroatoms. The third-order valence-corrected chi connectivity index (χ3v) is 5.95. The molecular formula is C22H24N4O2S. The highest BCUT2D eigenvalue weighted by Crippen LogP contribution is 2.30. The molecule has 1 aromatic carbocycles. The van der Waals surface area contributed by atoms with Gasteiger partial charge in [-0.05, 0) is 19.9 Å². The number of pyridine rings is 1. The van der Waals surface area contributed by atoms with Gasteiger partial charge in [0, 0.05) is 29.1 Å². The molecule has 2 amide bonds. The lowest BCUT2D eigenvalue weighted by Crippen LogP contribution is -2.37. The largest absolute Gasteiger partial charge is 0.366 e. The molecule has 150 valence electrons. The molecule has 0 radical (unpaired) electrons. The number of nitrogens with one attached hydrogen (secondary N) is 1. The van der Waals surface area contributed by atoms with Crippen LogP contribution in [-0.2, 0) is 5.41 Å². The number of amides is 2. The number of nitrogens with zero attached hydrogens (tertiary/aromatic N) is 2. The fraction of sp³-hybridized carbons (Fsp3) is 0.273. The molecule has 29 heavy (non-hydrogen) atoms. The molecule has 0 saturated carbocycles. The van der Waals surface area contributed by atoms with Gasteiger partial charge >= 0.3 is 0 Å². The molecule has 2 aromatic heterocycles. The molecule has 3 rings (SSSR count). The highest BCUT2D eigenvalue weighted by Gasteiger charge is 2.26. The third-order valence-electron chi connectivity index (χ3n) is 4.74. The van der Waals surface area contributed by atoms with E-state index in [1.165, 1.54) is 17.8 Å². The van der Waals surface area contributed by atoms with Crippen molar-refractivity contribution in [3.8, 4) is 11.3 Å². The summed E-state index contributed by atoms with van der Waals surface area (Å²) < 4.78 is 0. The first kappa shape index (κ1) is 20.7. The van der Waals surface area contributed by atoms with Crippen LogP contribution < -0.4 is 11.1 Å².